The normalized spacial score (nSPS) is 11.4. The van der Waals surface area contributed by atoms with Crippen LogP contribution in [0.15, 0.2) is 30.3 Å². The molecule has 0 fully saturated rings. The molecule has 0 aliphatic rings. The van der Waals surface area contributed by atoms with Crippen LogP contribution in [0.1, 0.15) is 38.7 Å². The first-order valence-electron chi connectivity index (χ1n) is 5.13. The Bertz CT molecular complexity index is 190. The second-order valence-corrected chi connectivity index (χ2v) is 2.75. The summed E-state index contributed by atoms with van der Waals surface area (Å²) in [5, 5.41) is 0. The van der Waals surface area contributed by atoms with Gasteiger partial charge in [-0.3, -0.25) is 0 Å². The van der Waals surface area contributed by atoms with Gasteiger partial charge >= 0.3 is 0 Å². The molecule has 0 saturated heterocycles. The van der Waals surface area contributed by atoms with Gasteiger partial charge in [0.25, 0.3) is 0 Å². The van der Waals surface area contributed by atoms with Crippen molar-refractivity contribution in [1.82, 2.24) is 0 Å². The Morgan fingerprint density at radius 1 is 1.15 bits per heavy atom. The highest BCUT2D eigenvalue weighted by Gasteiger charge is 2.04. The minimum absolute atomic E-state index is 0.538. The molecule has 0 radical (unpaired) electrons. The first-order valence-corrected chi connectivity index (χ1v) is 5.13. The fourth-order valence-corrected chi connectivity index (χ4v) is 1.26. The molecule has 0 aromatic heterocycles. The summed E-state index contributed by atoms with van der Waals surface area (Å²) in [7, 11) is 0. The van der Waals surface area contributed by atoms with Gasteiger partial charge in [-0.25, -0.2) is 0 Å². The average Bonchev–Trinajstić information content (AvgIpc) is 2.24. The van der Waals surface area contributed by atoms with Crippen molar-refractivity contribution >= 4 is 0 Å². The van der Waals surface area contributed by atoms with Gasteiger partial charge in [0.1, 0.15) is 0 Å². The van der Waals surface area contributed by atoms with Crippen LogP contribution >= 0.6 is 0 Å². The van der Waals surface area contributed by atoms with Crippen LogP contribution in [0.25, 0.3) is 0 Å². The molecule has 0 aliphatic carbocycles. The summed E-state index contributed by atoms with van der Waals surface area (Å²) in [6.45, 7) is 6.92. The van der Waals surface area contributed by atoms with Gasteiger partial charge in [-0.05, 0) is 24.4 Å². The van der Waals surface area contributed by atoms with Gasteiger partial charge in [0.15, 0.2) is 0 Å². The van der Waals surface area contributed by atoms with E-state index >= 15 is 0 Å². The molecule has 1 heteroatoms. The summed E-state index contributed by atoms with van der Waals surface area (Å²) in [6, 6.07) is 10.4. The lowest BCUT2D eigenvalue weighted by Crippen LogP contribution is -2.11. The first-order chi connectivity index (χ1) is 6.38. The Hall–Kier alpha value is -0.820. The highest BCUT2D eigenvalue weighted by atomic mass is 14.5. The summed E-state index contributed by atoms with van der Waals surface area (Å²) >= 11 is 0. The van der Waals surface area contributed by atoms with Crippen LogP contribution in [0.5, 0.6) is 0 Å². The van der Waals surface area contributed by atoms with E-state index < -0.39 is 0 Å². The molecule has 1 aromatic rings. The molecule has 74 valence electrons. The number of nitrogens with two attached hydrogens (primary N) is 1. The van der Waals surface area contributed by atoms with Crippen molar-refractivity contribution in [3.63, 3.8) is 0 Å². The van der Waals surface area contributed by atoms with Crippen LogP contribution < -0.4 is 5.73 Å². The van der Waals surface area contributed by atoms with Gasteiger partial charge in [-0.2, -0.15) is 0 Å². The van der Waals surface area contributed by atoms with E-state index in [-0.39, 0.29) is 0 Å². The third-order valence-electron chi connectivity index (χ3n) is 2.05. The van der Waals surface area contributed by atoms with Gasteiger partial charge in [-0.15, -0.1) is 0 Å². The Morgan fingerprint density at radius 2 is 1.69 bits per heavy atom. The molecule has 1 rings (SSSR count). The van der Waals surface area contributed by atoms with E-state index in [4.69, 9.17) is 5.73 Å². The number of benzene rings is 1. The molecule has 0 aliphatic heterocycles. The Morgan fingerprint density at radius 3 is 2.08 bits per heavy atom. The topological polar surface area (TPSA) is 26.0 Å². The summed E-state index contributed by atoms with van der Waals surface area (Å²) in [4.78, 5) is 0. The second-order valence-electron chi connectivity index (χ2n) is 2.75. The lowest BCUT2D eigenvalue weighted by Gasteiger charge is -2.11. The minimum Gasteiger partial charge on any atom is -0.330 e. The second kappa shape index (κ2) is 7.81. The predicted molar refractivity (Wildman–Crippen MR) is 59.9 cm³/mol. The quantitative estimate of drug-likeness (QED) is 0.757. The summed E-state index contributed by atoms with van der Waals surface area (Å²) in [6.07, 6.45) is 1.13. The summed E-state index contributed by atoms with van der Waals surface area (Å²) < 4.78 is 0. The van der Waals surface area contributed by atoms with E-state index in [1.165, 1.54) is 5.56 Å². The van der Waals surface area contributed by atoms with E-state index in [1.807, 2.05) is 19.9 Å². The van der Waals surface area contributed by atoms with E-state index in [2.05, 4.69) is 31.2 Å². The number of rotatable bonds is 3. The molecule has 1 nitrogen and oxygen atoms in total. The van der Waals surface area contributed by atoms with Crippen LogP contribution in [-0.2, 0) is 0 Å². The third kappa shape index (κ3) is 4.09. The van der Waals surface area contributed by atoms with Gasteiger partial charge in [0.2, 0.25) is 0 Å². The largest absolute Gasteiger partial charge is 0.330 e. The van der Waals surface area contributed by atoms with E-state index in [9.17, 15) is 0 Å². The van der Waals surface area contributed by atoms with Crippen molar-refractivity contribution in [3.8, 4) is 0 Å². The molecule has 0 amide bonds. The Balaban J connectivity index is 0.000000671. The van der Waals surface area contributed by atoms with E-state index in [0.29, 0.717) is 5.92 Å². The van der Waals surface area contributed by atoms with Gasteiger partial charge in [0, 0.05) is 0 Å². The summed E-state index contributed by atoms with van der Waals surface area (Å²) in [5.41, 5.74) is 6.97. The Labute approximate surface area is 82.0 Å². The van der Waals surface area contributed by atoms with Crippen molar-refractivity contribution in [3.05, 3.63) is 35.9 Å². The van der Waals surface area contributed by atoms with Crippen molar-refractivity contribution in [2.75, 3.05) is 6.54 Å². The molecular formula is C12H21N. The maximum Gasteiger partial charge on any atom is -0.000834 e. The molecule has 0 saturated carbocycles. The molecular weight excluding hydrogens is 158 g/mol. The molecule has 0 spiro atoms. The predicted octanol–water partition coefficient (Wildman–Crippen LogP) is 3.17. The molecule has 13 heavy (non-hydrogen) atoms. The van der Waals surface area contributed by atoms with Crippen LogP contribution in [0.2, 0.25) is 0 Å². The number of hydrogen-bond donors (Lipinski definition) is 1. The van der Waals surface area contributed by atoms with Gasteiger partial charge < -0.3 is 5.73 Å². The molecule has 0 bridgehead atoms. The zero-order valence-corrected chi connectivity index (χ0v) is 8.96. The molecule has 0 heterocycles. The fourth-order valence-electron chi connectivity index (χ4n) is 1.26. The zero-order valence-electron chi connectivity index (χ0n) is 8.96. The minimum atomic E-state index is 0.538. The maximum atomic E-state index is 5.62. The highest BCUT2D eigenvalue weighted by Crippen LogP contribution is 2.16. The van der Waals surface area contributed by atoms with E-state index in [1.54, 1.807) is 0 Å². The van der Waals surface area contributed by atoms with E-state index in [0.717, 1.165) is 13.0 Å². The zero-order chi connectivity index (χ0) is 10.1. The smallest absolute Gasteiger partial charge is 0.000834 e. The van der Waals surface area contributed by atoms with Crippen LogP contribution in [-0.4, -0.2) is 6.54 Å². The molecule has 1 aromatic carbocycles. The highest BCUT2D eigenvalue weighted by molar-refractivity contribution is 5.19. The molecule has 1 atom stereocenters. The summed E-state index contributed by atoms with van der Waals surface area (Å²) in [5.74, 6) is 0.538. The molecule has 1 unspecified atom stereocenters. The van der Waals surface area contributed by atoms with Gasteiger partial charge in [0.05, 0.1) is 0 Å². The lowest BCUT2D eigenvalue weighted by molar-refractivity contribution is 0.674. The van der Waals surface area contributed by atoms with Crippen LogP contribution in [0, 0.1) is 0 Å². The van der Waals surface area contributed by atoms with Crippen LogP contribution in [0.3, 0.4) is 0 Å². The van der Waals surface area contributed by atoms with Crippen molar-refractivity contribution in [2.24, 2.45) is 5.73 Å². The maximum absolute atomic E-state index is 5.62. The fraction of sp³-hybridized carbons (Fsp3) is 0.500. The van der Waals surface area contributed by atoms with Crippen molar-refractivity contribution in [1.29, 1.82) is 0 Å². The standard InChI is InChI=1S/C10H15N.C2H6/c1-2-9(8-11)10-6-4-3-5-7-10;1-2/h3-7,9H,2,8,11H2,1H3;1-2H3. The lowest BCUT2D eigenvalue weighted by atomic mass is 9.97. The average molecular weight is 179 g/mol. The first kappa shape index (κ1) is 12.2. The van der Waals surface area contributed by atoms with Gasteiger partial charge in [-0.1, -0.05) is 51.1 Å². The molecule has 2 N–H and O–H groups in total. The number of hydrogen-bond acceptors (Lipinski definition) is 1. The SMILES string of the molecule is CC.CCC(CN)c1ccccc1. The Kier molecular flexibility index (Phi) is 7.32. The monoisotopic (exact) mass is 179 g/mol. The third-order valence-corrected chi connectivity index (χ3v) is 2.05. The van der Waals surface area contributed by atoms with Crippen LogP contribution in [0.4, 0.5) is 0 Å². The van der Waals surface area contributed by atoms with Crippen molar-refractivity contribution < 1.29 is 0 Å². The van der Waals surface area contributed by atoms with Crippen molar-refractivity contribution in [2.45, 2.75) is 33.1 Å².